The van der Waals surface area contributed by atoms with Crippen molar-refractivity contribution in [2.24, 2.45) is 0 Å². The molecule has 4 aromatic carbocycles. The Balaban J connectivity index is 1.33. The fourth-order valence-electron chi connectivity index (χ4n) is 5.32. The molecule has 5 N–H and O–H groups in total. The predicted molar refractivity (Wildman–Crippen MR) is 153 cm³/mol. The largest absolute Gasteiger partial charge is 0.507 e. The van der Waals surface area contributed by atoms with Crippen molar-refractivity contribution in [3.05, 3.63) is 95.2 Å². The van der Waals surface area contributed by atoms with Crippen molar-refractivity contribution >= 4 is 62.2 Å². The van der Waals surface area contributed by atoms with Gasteiger partial charge in [0.05, 0.1) is 5.69 Å². The minimum atomic E-state index is -0.296. The number of rotatable bonds is 4. The standard InChI is InChI=1S/C30H25ClN4O3/c1-16-3-2-4-22-26(36)13-25-28(27(16)22)19(14-31)15-35(25)30(38)18-6-5-17-11-24(34-23(17)12-18)29(37)33-21-9-7-20(32)8-10-21/h2-13,19,34,36H,14-15,32H2,1H3,(H,33,37)/t19-/m1/s1. The van der Waals surface area contributed by atoms with Crippen LogP contribution in [0.4, 0.5) is 17.1 Å². The number of halogens is 1. The van der Waals surface area contributed by atoms with E-state index in [1.54, 1.807) is 53.4 Å². The maximum absolute atomic E-state index is 13.8. The summed E-state index contributed by atoms with van der Waals surface area (Å²) in [4.78, 5) is 31.4. The van der Waals surface area contributed by atoms with Crippen LogP contribution in [0.15, 0.2) is 72.8 Å². The van der Waals surface area contributed by atoms with E-state index in [1.807, 2.05) is 31.2 Å². The third kappa shape index (κ3) is 3.92. The topological polar surface area (TPSA) is 111 Å². The molecule has 38 heavy (non-hydrogen) atoms. The summed E-state index contributed by atoms with van der Waals surface area (Å²) in [6.45, 7) is 2.42. The van der Waals surface area contributed by atoms with E-state index < -0.39 is 0 Å². The lowest BCUT2D eigenvalue weighted by Crippen LogP contribution is -2.30. The van der Waals surface area contributed by atoms with Crippen LogP contribution < -0.4 is 16.0 Å². The van der Waals surface area contributed by atoms with Gasteiger partial charge in [0.2, 0.25) is 0 Å². The molecule has 0 radical (unpaired) electrons. The second kappa shape index (κ2) is 9.11. The number of carbonyl (C=O) groups excluding carboxylic acids is 2. The monoisotopic (exact) mass is 524 g/mol. The number of aromatic hydroxyl groups is 1. The number of phenolic OH excluding ortho intramolecular Hbond substituents is 1. The zero-order valence-corrected chi connectivity index (χ0v) is 21.3. The van der Waals surface area contributed by atoms with Crippen LogP contribution in [0.3, 0.4) is 0 Å². The fourth-order valence-corrected chi connectivity index (χ4v) is 5.57. The van der Waals surface area contributed by atoms with Crippen molar-refractivity contribution in [2.75, 3.05) is 28.4 Å². The Hall–Kier alpha value is -4.49. The zero-order chi connectivity index (χ0) is 26.6. The summed E-state index contributed by atoms with van der Waals surface area (Å²) >= 11 is 6.37. The van der Waals surface area contributed by atoms with Crippen LogP contribution in [-0.4, -0.2) is 34.3 Å². The number of hydrogen-bond acceptors (Lipinski definition) is 4. The van der Waals surface area contributed by atoms with Gasteiger partial charge in [-0.2, -0.15) is 0 Å². The maximum atomic E-state index is 13.8. The summed E-state index contributed by atoms with van der Waals surface area (Å²) in [6, 6.07) is 21.4. The number of amides is 2. The highest BCUT2D eigenvalue weighted by atomic mass is 35.5. The quantitative estimate of drug-likeness (QED) is 0.167. The summed E-state index contributed by atoms with van der Waals surface area (Å²) in [5.41, 5.74) is 11.2. The number of nitrogens with two attached hydrogens (primary N) is 1. The van der Waals surface area contributed by atoms with E-state index >= 15 is 0 Å². The van der Waals surface area contributed by atoms with E-state index in [1.165, 1.54) is 0 Å². The average molecular weight is 525 g/mol. The summed E-state index contributed by atoms with van der Waals surface area (Å²) in [7, 11) is 0. The lowest BCUT2D eigenvalue weighted by molar-refractivity contribution is 0.0987. The molecule has 190 valence electrons. The molecule has 0 aliphatic carbocycles. The third-order valence-electron chi connectivity index (χ3n) is 7.18. The summed E-state index contributed by atoms with van der Waals surface area (Å²) in [5, 5.41) is 16.1. The molecule has 0 spiro atoms. The van der Waals surface area contributed by atoms with Gasteiger partial charge < -0.3 is 26.0 Å². The number of hydrogen-bond donors (Lipinski definition) is 4. The number of aryl methyl sites for hydroxylation is 1. The Kier molecular flexibility index (Phi) is 5.73. The molecule has 1 aliphatic rings. The number of fused-ring (bicyclic) bond motifs is 4. The third-order valence-corrected chi connectivity index (χ3v) is 7.56. The Morgan fingerprint density at radius 1 is 1.11 bits per heavy atom. The number of H-pyrrole nitrogens is 1. The van der Waals surface area contributed by atoms with E-state index in [-0.39, 0.29) is 23.5 Å². The van der Waals surface area contributed by atoms with Gasteiger partial charge in [-0.25, -0.2) is 0 Å². The Bertz CT molecular complexity index is 1740. The van der Waals surface area contributed by atoms with E-state index in [0.717, 1.165) is 27.3 Å². The molecule has 6 rings (SSSR count). The average Bonchev–Trinajstić information content (AvgIpc) is 3.51. The molecule has 7 nitrogen and oxygen atoms in total. The lowest BCUT2D eigenvalue weighted by Gasteiger charge is -2.19. The van der Waals surface area contributed by atoms with Gasteiger partial charge in [-0.05, 0) is 65.9 Å². The highest BCUT2D eigenvalue weighted by molar-refractivity contribution is 6.19. The Morgan fingerprint density at radius 3 is 2.66 bits per heavy atom. The van der Waals surface area contributed by atoms with Gasteiger partial charge in [0.1, 0.15) is 11.4 Å². The molecule has 2 heterocycles. The van der Waals surface area contributed by atoms with Crippen LogP contribution in [0.25, 0.3) is 21.7 Å². The molecular formula is C30H25ClN4O3. The molecule has 5 aromatic rings. The summed E-state index contributed by atoms with van der Waals surface area (Å²) in [5.74, 6) is -0.0667. The number of alkyl halides is 1. The first kappa shape index (κ1) is 23.9. The van der Waals surface area contributed by atoms with Crippen LogP contribution in [-0.2, 0) is 0 Å². The van der Waals surface area contributed by atoms with E-state index in [2.05, 4.69) is 10.3 Å². The number of phenols is 1. The van der Waals surface area contributed by atoms with Crippen molar-refractivity contribution < 1.29 is 14.7 Å². The van der Waals surface area contributed by atoms with Crippen molar-refractivity contribution in [2.45, 2.75) is 12.8 Å². The molecule has 0 saturated carbocycles. The normalized spacial score (nSPS) is 14.7. The molecule has 0 bridgehead atoms. The van der Waals surface area contributed by atoms with Crippen LogP contribution in [0.1, 0.15) is 37.9 Å². The number of benzene rings is 4. The van der Waals surface area contributed by atoms with Crippen molar-refractivity contribution in [1.82, 2.24) is 4.98 Å². The van der Waals surface area contributed by atoms with Crippen LogP contribution >= 0.6 is 11.6 Å². The van der Waals surface area contributed by atoms with E-state index in [0.29, 0.717) is 46.3 Å². The lowest BCUT2D eigenvalue weighted by atomic mass is 9.92. The smallest absolute Gasteiger partial charge is 0.272 e. The number of anilines is 3. The zero-order valence-electron chi connectivity index (χ0n) is 20.6. The molecule has 0 unspecified atom stereocenters. The molecule has 0 saturated heterocycles. The number of aromatic amines is 1. The van der Waals surface area contributed by atoms with Crippen LogP contribution in [0.5, 0.6) is 5.75 Å². The minimum Gasteiger partial charge on any atom is -0.507 e. The molecule has 2 amide bonds. The second-order valence-electron chi connectivity index (χ2n) is 9.65. The molecule has 0 fully saturated rings. The summed E-state index contributed by atoms with van der Waals surface area (Å²) in [6.07, 6.45) is 0. The first-order valence-corrected chi connectivity index (χ1v) is 12.8. The number of carbonyl (C=O) groups is 2. The van der Waals surface area contributed by atoms with Gasteiger partial charge >= 0.3 is 0 Å². The van der Waals surface area contributed by atoms with Crippen molar-refractivity contribution in [1.29, 1.82) is 0 Å². The van der Waals surface area contributed by atoms with E-state index in [9.17, 15) is 14.7 Å². The highest BCUT2D eigenvalue weighted by Gasteiger charge is 2.35. The van der Waals surface area contributed by atoms with Gasteiger partial charge in [0, 0.05) is 57.6 Å². The first-order valence-electron chi connectivity index (χ1n) is 12.3. The van der Waals surface area contributed by atoms with Gasteiger partial charge in [-0.3, -0.25) is 9.59 Å². The van der Waals surface area contributed by atoms with Crippen LogP contribution in [0.2, 0.25) is 0 Å². The maximum Gasteiger partial charge on any atom is 0.272 e. The molecular weight excluding hydrogens is 500 g/mol. The highest BCUT2D eigenvalue weighted by Crippen LogP contribution is 2.46. The number of nitrogens with zero attached hydrogens (tertiary/aromatic N) is 1. The first-order chi connectivity index (χ1) is 18.3. The Labute approximate surface area is 223 Å². The number of nitrogens with one attached hydrogen (secondary N) is 2. The van der Waals surface area contributed by atoms with Gasteiger partial charge in [-0.1, -0.05) is 24.3 Å². The van der Waals surface area contributed by atoms with Crippen molar-refractivity contribution in [3.63, 3.8) is 0 Å². The van der Waals surface area contributed by atoms with Gasteiger partial charge in [-0.15, -0.1) is 11.6 Å². The van der Waals surface area contributed by atoms with Gasteiger partial charge in [0.25, 0.3) is 11.8 Å². The number of aromatic nitrogens is 1. The predicted octanol–water partition coefficient (Wildman–Crippen LogP) is 6.15. The molecule has 1 aromatic heterocycles. The number of nitrogen functional groups attached to an aromatic ring is 1. The van der Waals surface area contributed by atoms with E-state index in [4.69, 9.17) is 17.3 Å². The molecule has 8 heteroatoms. The summed E-state index contributed by atoms with van der Waals surface area (Å²) < 4.78 is 0. The second-order valence-corrected chi connectivity index (χ2v) is 9.96. The minimum absolute atomic E-state index is 0.0577. The SMILES string of the molecule is Cc1cccc2c(O)cc3c(c12)[C@H](CCl)CN3C(=O)c1ccc2cc(C(=O)Nc3ccc(N)cc3)[nH]c2c1. The Morgan fingerprint density at radius 2 is 1.89 bits per heavy atom. The molecule has 1 atom stereocenters. The van der Waals surface area contributed by atoms with Gasteiger partial charge in [0.15, 0.2) is 0 Å². The van der Waals surface area contributed by atoms with Crippen molar-refractivity contribution in [3.8, 4) is 5.75 Å². The molecule has 1 aliphatic heterocycles. The fraction of sp³-hybridized carbons (Fsp3) is 0.133. The van der Waals surface area contributed by atoms with Crippen LogP contribution in [0, 0.1) is 6.92 Å².